The highest BCUT2D eigenvalue weighted by Gasteiger charge is 2.24. The average molecular weight is 390 g/mol. The van der Waals surface area contributed by atoms with Gasteiger partial charge in [0.15, 0.2) is 0 Å². The highest BCUT2D eigenvalue weighted by atomic mass is 79.9. The van der Waals surface area contributed by atoms with E-state index in [-0.39, 0.29) is 24.2 Å². The number of halogens is 2. The lowest BCUT2D eigenvalue weighted by Gasteiger charge is -2.21. The molecule has 1 aliphatic rings. The summed E-state index contributed by atoms with van der Waals surface area (Å²) in [5.41, 5.74) is 1.22. The lowest BCUT2D eigenvalue weighted by Crippen LogP contribution is -2.41. The summed E-state index contributed by atoms with van der Waals surface area (Å²) >= 11 is 3.50. The predicted octanol–water partition coefficient (Wildman–Crippen LogP) is 3.55. The third-order valence-corrected chi connectivity index (χ3v) is 4.40. The van der Waals surface area contributed by atoms with Crippen LogP contribution in [0, 0.1) is 11.8 Å². The number of amides is 1. The molecule has 1 aromatic carbocycles. The van der Waals surface area contributed by atoms with Crippen molar-refractivity contribution in [1.29, 1.82) is 0 Å². The van der Waals surface area contributed by atoms with Crippen molar-refractivity contribution in [3.05, 3.63) is 34.3 Å². The number of carbonyl (C=O) groups excluding carboxylic acids is 1. The second-order valence-electron chi connectivity index (χ2n) is 6.36. The van der Waals surface area contributed by atoms with E-state index >= 15 is 0 Å². The van der Waals surface area contributed by atoms with Gasteiger partial charge in [0.05, 0.1) is 0 Å². The SMILES string of the molecule is CC(C)CC(Cc1cccc(Br)c1)C(=O)NC1CCNC1.Cl. The molecule has 1 amide bonds. The van der Waals surface area contributed by atoms with Crippen LogP contribution in [0.5, 0.6) is 0 Å². The summed E-state index contributed by atoms with van der Waals surface area (Å²) < 4.78 is 1.07. The molecule has 1 aromatic rings. The Morgan fingerprint density at radius 3 is 2.82 bits per heavy atom. The third kappa shape index (κ3) is 6.27. The monoisotopic (exact) mass is 388 g/mol. The predicted molar refractivity (Wildman–Crippen MR) is 97.5 cm³/mol. The molecule has 2 unspecified atom stereocenters. The van der Waals surface area contributed by atoms with E-state index in [1.807, 2.05) is 12.1 Å². The second kappa shape index (κ2) is 9.53. The van der Waals surface area contributed by atoms with Crippen LogP contribution in [0.25, 0.3) is 0 Å². The molecule has 0 saturated carbocycles. The van der Waals surface area contributed by atoms with E-state index in [4.69, 9.17) is 0 Å². The van der Waals surface area contributed by atoms with E-state index in [9.17, 15) is 4.79 Å². The van der Waals surface area contributed by atoms with Crippen LogP contribution in [0.2, 0.25) is 0 Å². The average Bonchev–Trinajstić information content (AvgIpc) is 2.90. The van der Waals surface area contributed by atoms with Gasteiger partial charge >= 0.3 is 0 Å². The molecule has 124 valence electrons. The van der Waals surface area contributed by atoms with E-state index in [1.54, 1.807) is 0 Å². The van der Waals surface area contributed by atoms with Gasteiger partial charge in [0, 0.05) is 23.0 Å². The maximum atomic E-state index is 12.6. The molecule has 22 heavy (non-hydrogen) atoms. The molecule has 2 N–H and O–H groups in total. The van der Waals surface area contributed by atoms with Crippen molar-refractivity contribution in [2.45, 2.75) is 39.2 Å². The van der Waals surface area contributed by atoms with Crippen molar-refractivity contribution in [3.8, 4) is 0 Å². The number of hydrogen-bond acceptors (Lipinski definition) is 2. The smallest absolute Gasteiger partial charge is 0.223 e. The van der Waals surface area contributed by atoms with Crippen LogP contribution in [-0.2, 0) is 11.2 Å². The molecule has 1 saturated heterocycles. The van der Waals surface area contributed by atoms with Gasteiger partial charge in [0.25, 0.3) is 0 Å². The normalized spacial score (nSPS) is 18.8. The van der Waals surface area contributed by atoms with Crippen molar-refractivity contribution in [3.63, 3.8) is 0 Å². The Hall–Kier alpha value is -0.580. The van der Waals surface area contributed by atoms with Gasteiger partial charge in [-0.1, -0.05) is 41.9 Å². The molecule has 1 aliphatic heterocycles. The molecule has 0 aromatic heterocycles. The van der Waals surface area contributed by atoms with Crippen LogP contribution in [-0.4, -0.2) is 25.0 Å². The van der Waals surface area contributed by atoms with Gasteiger partial charge in [0.1, 0.15) is 0 Å². The summed E-state index contributed by atoms with van der Waals surface area (Å²) in [4.78, 5) is 12.6. The van der Waals surface area contributed by atoms with Crippen LogP contribution in [0.1, 0.15) is 32.3 Å². The molecule has 1 heterocycles. The zero-order valence-electron chi connectivity index (χ0n) is 13.3. The summed E-state index contributed by atoms with van der Waals surface area (Å²) in [5.74, 6) is 0.784. The Bertz CT molecular complexity index is 475. The van der Waals surface area contributed by atoms with Gasteiger partial charge in [-0.2, -0.15) is 0 Å². The van der Waals surface area contributed by atoms with Crippen molar-refractivity contribution in [2.24, 2.45) is 11.8 Å². The highest BCUT2D eigenvalue weighted by molar-refractivity contribution is 9.10. The van der Waals surface area contributed by atoms with Gasteiger partial charge < -0.3 is 10.6 Å². The van der Waals surface area contributed by atoms with Crippen molar-refractivity contribution in [2.75, 3.05) is 13.1 Å². The van der Waals surface area contributed by atoms with Gasteiger partial charge in [-0.3, -0.25) is 4.79 Å². The number of rotatable bonds is 6. The summed E-state index contributed by atoms with van der Waals surface area (Å²) in [6.07, 6.45) is 2.78. The molecule has 1 fully saturated rings. The Labute approximate surface area is 148 Å². The molecular formula is C17H26BrClN2O. The number of hydrogen-bond donors (Lipinski definition) is 2. The minimum atomic E-state index is 0. The fraction of sp³-hybridized carbons (Fsp3) is 0.588. The molecule has 2 rings (SSSR count). The summed E-state index contributed by atoms with van der Waals surface area (Å²) in [7, 11) is 0. The zero-order chi connectivity index (χ0) is 15.2. The first-order valence-corrected chi connectivity index (χ1v) is 8.59. The van der Waals surface area contributed by atoms with E-state index < -0.39 is 0 Å². The number of carbonyl (C=O) groups is 1. The Morgan fingerprint density at radius 1 is 1.45 bits per heavy atom. The van der Waals surface area contributed by atoms with Gasteiger partial charge in [-0.25, -0.2) is 0 Å². The van der Waals surface area contributed by atoms with E-state index in [1.165, 1.54) is 5.56 Å². The molecule has 3 nitrogen and oxygen atoms in total. The molecule has 2 atom stereocenters. The summed E-state index contributed by atoms with van der Waals surface area (Å²) in [6.45, 7) is 6.26. The van der Waals surface area contributed by atoms with Crippen molar-refractivity contribution >= 4 is 34.2 Å². The van der Waals surface area contributed by atoms with Gasteiger partial charge in [0.2, 0.25) is 5.91 Å². The van der Waals surface area contributed by atoms with Gasteiger partial charge in [-0.15, -0.1) is 12.4 Å². The zero-order valence-corrected chi connectivity index (χ0v) is 15.7. The van der Waals surface area contributed by atoms with Crippen LogP contribution < -0.4 is 10.6 Å². The first kappa shape index (κ1) is 19.5. The van der Waals surface area contributed by atoms with E-state index in [0.717, 1.165) is 36.8 Å². The minimum Gasteiger partial charge on any atom is -0.352 e. The quantitative estimate of drug-likeness (QED) is 0.781. The highest BCUT2D eigenvalue weighted by Crippen LogP contribution is 2.20. The van der Waals surface area contributed by atoms with Crippen molar-refractivity contribution < 1.29 is 4.79 Å². The molecule has 0 aliphatic carbocycles. The van der Waals surface area contributed by atoms with E-state index in [0.29, 0.717) is 12.0 Å². The standard InChI is InChI=1S/C17H25BrN2O.ClH/c1-12(2)8-14(9-13-4-3-5-15(18)10-13)17(21)20-16-6-7-19-11-16;/h3-5,10,12,14,16,19H,6-9,11H2,1-2H3,(H,20,21);1H. The molecule has 0 spiro atoms. The van der Waals surface area contributed by atoms with Crippen LogP contribution in [0.4, 0.5) is 0 Å². The molecule has 0 bridgehead atoms. The number of benzene rings is 1. The minimum absolute atomic E-state index is 0. The lowest BCUT2D eigenvalue weighted by atomic mass is 9.90. The van der Waals surface area contributed by atoms with E-state index in [2.05, 4.69) is 52.5 Å². The second-order valence-corrected chi connectivity index (χ2v) is 7.27. The van der Waals surface area contributed by atoms with Crippen LogP contribution in [0.3, 0.4) is 0 Å². The van der Waals surface area contributed by atoms with Crippen LogP contribution >= 0.6 is 28.3 Å². The maximum absolute atomic E-state index is 12.6. The van der Waals surface area contributed by atoms with Crippen molar-refractivity contribution in [1.82, 2.24) is 10.6 Å². The van der Waals surface area contributed by atoms with Crippen LogP contribution in [0.15, 0.2) is 28.7 Å². The topological polar surface area (TPSA) is 41.1 Å². The number of nitrogens with one attached hydrogen (secondary N) is 2. The Balaban J connectivity index is 0.00000242. The maximum Gasteiger partial charge on any atom is 0.223 e. The molecule has 0 radical (unpaired) electrons. The van der Waals surface area contributed by atoms with Gasteiger partial charge in [-0.05, 0) is 49.4 Å². The summed E-state index contributed by atoms with van der Waals surface area (Å²) in [5, 5.41) is 6.50. The Kier molecular flexibility index (Phi) is 8.44. The Morgan fingerprint density at radius 2 is 2.23 bits per heavy atom. The summed E-state index contributed by atoms with van der Waals surface area (Å²) in [6, 6.07) is 8.56. The first-order chi connectivity index (χ1) is 10.0. The first-order valence-electron chi connectivity index (χ1n) is 7.80. The molecular weight excluding hydrogens is 364 g/mol. The lowest BCUT2D eigenvalue weighted by molar-refractivity contribution is -0.126. The fourth-order valence-electron chi connectivity index (χ4n) is 2.90. The fourth-order valence-corrected chi connectivity index (χ4v) is 3.34. The largest absolute Gasteiger partial charge is 0.352 e. The third-order valence-electron chi connectivity index (χ3n) is 3.90. The molecule has 5 heteroatoms.